The molecular formula is C20H18FN5O2. The Morgan fingerprint density at radius 2 is 2.14 bits per heavy atom. The van der Waals surface area contributed by atoms with Gasteiger partial charge in [-0.3, -0.25) is 10.3 Å². The average molecular weight is 379 g/mol. The molecule has 0 bridgehead atoms. The van der Waals surface area contributed by atoms with Gasteiger partial charge in [-0.1, -0.05) is 0 Å². The predicted molar refractivity (Wildman–Crippen MR) is 105 cm³/mol. The third kappa shape index (κ3) is 2.45. The van der Waals surface area contributed by atoms with E-state index < -0.39 is 11.9 Å². The van der Waals surface area contributed by atoms with Gasteiger partial charge < -0.3 is 16.2 Å². The van der Waals surface area contributed by atoms with Crippen LogP contribution in [0.5, 0.6) is 0 Å². The Morgan fingerprint density at radius 1 is 1.32 bits per heavy atom. The summed E-state index contributed by atoms with van der Waals surface area (Å²) in [4.78, 5) is 19.5. The summed E-state index contributed by atoms with van der Waals surface area (Å²) in [5.41, 5.74) is 10.0. The molecule has 3 heterocycles. The SMILES string of the molecule is Cc1c(-c2cc3cc(NC(=O)O)ncc3c(N)c2F)cnc2c1NC[C@@H]1C[C@H]21. The molecule has 28 heavy (non-hydrogen) atoms. The highest BCUT2D eigenvalue weighted by molar-refractivity contribution is 5.99. The molecule has 1 amide bonds. The molecule has 0 spiro atoms. The molecule has 1 fully saturated rings. The molecule has 5 N–H and O–H groups in total. The Balaban J connectivity index is 1.68. The largest absolute Gasteiger partial charge is 0.465 e. The zero-order valence-electron chi connectivity index (χ0n) is 15.1. The number of pyridine rings is 2. The van der Waals surface area contributed by atoms with Gasteiger partial charge in [-0.05, 0) is 42.3 Å². The van der Waals surface area contributed by atoms with Crippen LogP contribution in [0.2, 0.25) is 0 Å². The van der Waals surface area contributed by atoms with Crippen LogP contribution in [-0.4, -0.2) is 27.7 Å². The first-order valence-electron chi connectivity index (χ1n) is 9.05. The van der Waals surface area contributed by atoms with E-state index in [-0.39, 0.29) is 11.5 Å². The molecule has 0 radical (unpaired) electrons. The third-order valence-electron chi connectivity index (χ3n) is 5.71. The number of halogens is 1. The Kier molecular flexibility index (Phi) is 3.46. The molecule has 2 atom stereocenters. The summed E-state index contributed by atoms with van der Waals surface area (Å²) >= 11 is 0. The van der Waals surface area contributed by atoms with Crippen molar-refractivity contribution in [2.45, 2.75) is 19.3 Å². The van der Waals surface area contributed by atoms with Gasteiger partial charge in [0.15, 0.2) is 5.82 Å². The van der Waals surface area contributed by atoms with Gasteiger partial charge in [-0.15, -0.1) is 0 Å². The quantitative estimate of drug-likeness (QED) is 0.502. The minimum Gasteiger partial charge on any atom is -0.465 e. The smallest absolute Gasteiger partial charge is 0.410 e. The minimum absolute atomic E-state index is 0.0192. The summed E-state index contributed by atoms with van der Waals surface area (Å²) in [6.07, 6.45) is 3.00. The second kappa shape index (κ2) is 5.79. The van der Waals surface area contributed by atoms with E-state index in [2.05, 4.69) is 20.6 Å². The first kappa shape index (κ1) is 16.7. The fourth-order valence-corrected chi connectivity index (χ4v) is 4.11. The summed E-state index contributed by atoms with van der Waals surface area (Å²) < 4.78 is 15.1. The van der Waals surface area contributed by atoms with Crippen molar-refractivity contribution < 1.29 is 14.3 Å². The Bertz CT molecular complexity index is 1160. The summed E-state index contributed by atoms with van der Waals surface area (Å²) in [7, 11) is 0. The number of hydrogen-bond donors (Lipinski definition) is 4. The highest BCUT2D eigenvalue weighted by Crippen LogP contribution is 2.53. The number of aromatic nitrogens is 2. The number of nitrogen functional groups attached to an aromatic ring is 1. The van der Waals surface area contributed by atoms with Crippen LogP contribution in [-0.2, 0) is 0 Å². The van der Waals surface area contributed by atoms with Crippen LogP contribution in [0.4, 0.5) is 26.4 Å². The lowest BCUT2D eigenvalue weighted by atomic mass is 9.95. The van der Waals surface area contributed by atoms with E-state index in [0.29, 0.717) is 33.7 Å². The van der Waals surface area contributed by atoms with E-state index in [4.69, 9.17) is 10.8 Å². The number of nitrogens with zero attached hydrogens (tertiary/aromatic N) is 2. The molecule has 0 saturated heterocycles. The number of carbonyl (C=O) groups is 1. The standard InChI is InChI=1S/C20H18FN5O2/c1-8-13(6-25-19-11-3-10(11)5-24-18(8)19)12-2-9-4-15(26-20(27)28)23-7-14(9)17(22)16(12)21/h2,4,6-7,10-11,24H,3,5,22H2,1H3,(H,23,26)(H,27,28)/t10-,11-/m0/s1. The highest BCUT2D eigenvalue weighted by atomic mass is 19.1. The maximum atomic E-state index is 15.1. The van der Waals surface area contributed by atoms with E-state index in [1.54, 1.807) is 12.3 Å². The molecule has 0 unspecified atom stereocenters. The predicted octanol–water partition coefficient (Wildman–Crippen LogP) is 3.95. The molecule has 1 aromatic carbocycles. The van der Waals surface area contributed by atoms with Crippen LogP contribution in [0.15, 0.2) is 24.5 Å². The molecule has 5 rings (SSSR count). The van der Waals surface area contributed by atoms with Crippen LogP contribution in [0, 0.1) is 18.7 Å². The fraction of sp³-hybridized carbons (Fsp3) is 0.250. The number of nitrogens with one attached hydrogen (secondary N) is 2. The van der Waals surface area contributed by atoms with Gasteiger partial charge in [0.25, 0.3) is 0 Å². The topological polar surface area (TPSA) is 113 Å². The van der Waals surface area contributed by atoms with Crippen molar-refractivity contribution >= 4 is 34.1 Å². The van der Waals surface area contributed by atoms with Crippen LogP contribution in [0.1, 0.15) is 23.6 Å². The molecule has 2 aromatic heterocycles. The van der Waals surface area contributed by atoms with E-state index in [0.717, 1.165) is 29.9 Å². The average Bonchev–Trinajstić information content (AvgIpc) is 3.45. The number of nitrogens with two attached hydrogens (primary N) is 1. The highest BCUT2D eigenvalue weighted by Gasteiger charge is 2.44. The first-order chi connectivity index (χ1) is 13.4. The van der Waals surface area contributed by atoms with Gasteiger partial charge in [0.1, 0.15) is 5.82 Å². The maximum absolute atomic E-state index is 15.1. The lowest BCUT2D eigenvalue weighted by molar-refractivity contribution is 0.209. The zero-order valence-corrected chi connectivity index (χ0v) is 15.1. The number of rotatable bonds is 2. The van der Waals surface area contributed by atoms with Crippen LogP contribution in [0.3, 0.4) is 0 Å². The van der Waals surface area contributed by atoms with Crippen LogP contribution in [0.25, 0.3) is 21.9 Å². The van der Waals surface area contributed by atoms with E-state index >= 15 is 4.39 Å². The van der Waals surface area contributed by atoms with Gasteiger partial charge in [0.2, 0.25) is 0 Å². The number of fused-ring (bicyclic) bond motifs is 4. The molecule has 1 aliphatic heterocycles. The van der Waals surface area contributed by atoms with Gasteiger partial charge in [-0.25, -0.2) is 14.2 Å². The minimum atomic E-state index is -1.22. The lowest BCUT2D eigenvalue weighted by Crippen LogP contribution is -2.15. The summed E-state index contributed by atoms with van der Waals surface area (Å²) in [5, 5.41) is 15.6. The van der Waals surface area contributed by atoms with Gasteiger partial charge in [0, 0.05) is 41.4 Å². The maximum Gasteiger partial charge on any atom is 0.410 e. The van der Waals surface area contributed by atoms with Crippen molar-refractivity contribution in [1.29, 1.82) is 0 Å². The first-order valence-corrected chi connectivity index (χ1v) is 9.05. The number of benzene rings is 1. The zero-order chi connectivity index (χ0) is 19.6. The van der Waals surface area contributed by atoms with Crippen molar-refractivity contribution in [3.05, 3.63) is 41.6 Å². The van der Waals surface area contributed by atoms with Crippen molar-refractivity contribution in [2.75, 3.05) is 22.9 Å². The third-order valence-corrected chi connectivity index (χ3v) is 5.71. The van der Waals surface area contributed by atoms with Crippen molar-refractivity contribution in [2.24, 2.45) is 5.92 Å². The monoisotopic (exact) mass is 379 g/mol. The lowest BCUT2D eigenvalue weighted by Gasteiger charge is -2.21. The molecule has 7 nitrogen and oxygen atoms in total. The molecule has 3 aromatic rings. The molecule has 8 heteroatoms. The fourth-order valence-electron chi connectivity index (χ4n) is 4.11. The Morgan fingerprint density at radius 3 is 2.93 bits per heavy atom. The Hall–Kier alpha value is -3.42. The molecule has 1 saturated carbocycles. The van der Waals surface area contributed by atoms with Crippen LogP contribution >= 0.6 is 0 Å². The summed E-state index contributed by atoms with van der Waals surface area (Å²) in [6.45, 7) is 2.87. The van der Waals surface area contributed by atoms with Crippen molar-refractivity contribution in [3.8, 4) is 11.1 Å². The van der Waals surface area contributed by atoms with E-state index in [9.17, 15) is 4.79 Å². The second-order valence-electron chi connectivity index (χ2n) is 7.41. The summed E-state index contributed by atoms with van der Waals surface area (Å²) in [5.74, 6) is 0.786. The van der Waals surface area contributed by atoms with Crippen molar-refractivity contribution in [3.63, 3.8) is 0 Å². The molecule has 2 aliphatic rings. The normalized spacial score (nSPS) is 19.5. The Labute approximate surface area is 159 Å². The number of hydrogen-bond acceptors (Lipinski definition) is 5. The number of amides is 1. The molecular weight excluding hydrogens is 361 g/mol. The van der Waals surface area contributed by atoms with Gasteiger partial charge >= 0.3 is 6.09 Å². The molecule has 142 valence electrons. The van der Waals surface area contributed by atoms with E-state index in [1.807, 2.05) is 6.92 Å². The van der Waals surface area contributed by atoms with E-state index in [1.165, 1.54) is 12.3 Å². The van der Waals surface area contributed by atoms with Gasteiger partial charge in [-0.2, -0.15) is 0 Å². The summed E-state index contributed by atoms with van der Waals surface area (Å²) in [6, 6.07) is 3.20. The number of anilines is 3. The van der Waals surface area contributed by atoms with Gasteiger partial charge in [0.05, 0.1) is 17.1 Å². The van der Waals surface area contributed by atoms with Crippen LogP contribution < -0.4 is 16.4 Å². The van der Waals surface area contributed by atoms with Crippen molar-refractivity contribution in [1.82, 2.24) is 9.97 Å². The number of carboxylic acid groups (broad SMARTS) is 1. The molecule has 1 aliphatic carbocycles. The second-order valence-corrected chi connectivity index (χ2v) is 7.41.